The van der Waals surface area contributed by atoms with Crippen molar-refractivity contribution in [3.8, 4) is 5.75 Å². The molecular weight excluding hydrogens is 304 g/mol. The van der Waals surface area contributed by atoms with Crippen LogP contribution in [0.15, 0.2) is 65.6 Å². The lowest BCUT2D eigenvalue weighted by molar-refractivity contribution is 0.277. The van der Waals surface area contributed by atoms with Gasteiger partial charge in [-0.3, -0.25) is 0 Å². The van der Waals surface area contributed by atoms with Gasteiger partial charge in [0.05, 0.1) is 0 Å². The Morgan fingerprint density at radius 1 is 0.783 bits per heavy atom. The van der Waals surface area contributed by atoms with Gasteiger partial charge >= 0.3 is 0 Å². The van der Waals surface area contributed by atoms with Gasteiger partial charge in [0, 0.05) is 19.1 Å². The number of hydrogen-bond acceptors (Lipinski definition) is 3. The van der Waals surface area contributed by atoms with Gasteiger partial charge in [0.15, 0.2) is 0 Å². The van der Waals surface area contributed by atoms with Crippen molar-refractivity contribution in [2.75, 3.05) is 14.2 Å². The van der Waals surface area contributed by atoms with E-state index in [0.717, 1.165) is 4.90 Å². The highest BCUT2D eigenvalue weighted by molar-refractivity contribution is 7.80. The molecule has 3 aromatic carbocycles. The molecule has 3 rings (SSSR count). The Morgan fingerprint density at radius 2 is 1.30 bits per heavy atom. The Hall–Kier alpha value is -1.97. The third kappa shape index (κ3) is 6.35. The van der Waals surface area contributed by atoms with Gasteiger partial charge < -0.3 is 9.84 Å². The predicted octanol–water partition coefficient (Wildman–Crippen LogP) is 5.40. The summed E-state index contributed by atoms with van der Waals surface area (Å²) in [4.78, 5) is 1.05. The third-order valence-electron chi connectivity index (χ3n) is 3.15. The van der Waals surface area contributed by atoms with Crippen molar-refractivity contribution in [3.05, 3.63) is 71.8 Å². The van der Waals surface area contributed by atoms with E-state index in [1.54, 1.807) is 26.4 Å². The number of aryl methyl sites for hydroxylation is 2. The average molecular weight is 328 g/mol. The van der Waals surface area contributed by atoms with Crippen LogP contribution in [-0.2, 0) is 4.74 Å². The third-order valence-corrected chi connectivity index (χ3v) is 3.54. The molecule has 0 atom stereocenters. The van der Waals surface area contributed by atoms with Crippen LogP contribution in [-0.4, -0.2) is 19.3 Å². The fourth-order valence-corrected chi connectivity index (χ4v) is 2.25. The van der Waals surface area contributed by atoms with Crippen LogP contribution in [0, 0.1) is 13.8 Å². The molecule has 3 aromatic rings. The summed E-state index contributed by atoms with van der Waals surface area (Å²) in [6.07, 6.45) is 0. The quantitative estimate of drug-likeness (QED) is 0.541. The maximum absolute atomic E-state index is 8.76. The van der Waals surface area contributed by atoms with E-state index < -0.39 is 0 Å². The molecule has 0 unspecified atom stereocenters. The van der Waals surface area contributed by atoms with E-state index in [1.165, 1.54) is 21.9 Å². The molecular formula is C20H24O2S. The number of thiol groups is 1. The van der Waals surface area contributed by atoms with Crippen molar-refractivity contribution in [1.29, 1.82) is 0 Å². The molecule has 0 spiro atoms. The van der Waals surface area contributed by atoms with Crippen molar-refractivity contribution in [2.45, 2.75) is 18.7 Å². The van der Waals surface area contributed by atoms with Crippen LogP contribution in [0.25, 0.3) is 10.8 Å². The Kier molecular flexibility index (Phi) is 8.23. The maximum Gasteiger partial charge on any atom is 0.115 e. The zero-order valence-corrected chi connectivity index (χ0v) is 15.0. The summed E-state index contributed by atoms with van der Waals surface area (Å²) in [7, 11) is 3.25. The number of ether oxygens (including phenoxy) is 1. The van der Waals surface area contributed by atoms with E-state index in [-0.39, 0.29) is 0 Å². The van der Waals surface area contributed by atoms with Crippen LogP contribution in [0.5, 0.6) is 5.75 Å². The van der Waals surface area contributed by atoms with Gasteiger partial charge in [-0.2, -0.15) is 0 Å². The molecule has 0 saturated heterocycles. The van der Waals surface area contributed by atoms with Gasteiger partial charge in [-0.25, -0.2) is 0 Å². The first-order chi connectivity index (χ1) is 11.0. The summed E-state index contributed by atoms with van der Waals surface area (Å²) >= 11 is 4.40. The van der Waals surface area contributed by atoms with Crippen molar-refractivity contribution >= 4 is 23.4 Å². The molecule has 0 aromatic heterocycles. The summed E-state index contributed by atoms with van der Waals surface area (Å²) < 4.78 is 4.25. The predicted molar refractivity (Wildman–Crippen MR) is 102 cm³/mol. The number of aromatic hydroxyl groups is 1. The van der Waals surface area contributed by atoms with Crippen molar-refractivity contribution in [2.24, 2.45) is 0 Å². The summed E-state index contributed by atoms with van der Waals surface area (Å²) in [5, 5.41) is 11.3. The van der Waals surface area contributed by atoms with Gasteiger partial charge in [-0.05, 0) is 48.4 Å². The van der Waals surface area contributed by atoms with E-state index >= 15 is 0 Å². The molecule has 0 heterocycles. The fourth-order valence-electron chi connectivity index (χ4n) is 1.98. The second kappa shape index (κ2) is 9.93. The zero-order valence-electron chi connectivity index (χ0n) is 14.1. The zero-order chi connectivity index (χ0) is 17.2. The second-order valence-electron chi connectivity index (χ2n) is 5.19. The van der Waals surface area contributed by atoms with Crippen LogP contribution in [0.2, 0.25) is 0 Å². The Balaban J connectivity index is 0.000000209. The topological polar surface area (TPSA) is 29.5 Å². The second-order valence-corrected chi connectivity index (χ2v) is 5.67. The van der Waals surface area contributed by atoms with Gasteiger partial charge in [-0.15, -0.1) is 12.6 Å². The molecule has 0 radical (unpaired) electrons. The minimum absolute atomic E-state index is 0.329. The molecule has 3 heteroatoms. The van der Waals surface area contributed by atoms with Gasteiger partial charge in [0.2, 0.25) is 0 Å². The monoisotopic (exact) mass is 328 g/mol. The fraction of sp³-hybridized carbons (Fsp3) is 0.200. The van der Waals surface area contributed by atoms with Crippen molar-refractivity contribution in [3.63, 3.8) is 0 Å². The lowest BCUT2D eigenvalue weighted by atomic mass is 10.1. The largest absolute Gasteiger partial charge is 0.508 e. The highest BCUT2D eigenvalue weighted by Gasteiger charge is 1.98. The van der Waals surface area contributed by atoms with Crippen molar-refractivity contribution < 1.29 is 9.84 Å². The van der Waals surface area contributed by atoms with Crippen LogP contribution >= 0.6 is 12.6 Å². The SMILES string of the molecule is COC.Cc1ccc(O)cc1.Cc1ccc(S)c2ccccc12. The molecule has 0 fully saturated rings. The number of methoxy groups -OCH3 is 1. The number of fused-ring (bicyclic) bond motifs is 1. The minimum Gasteiger partial charge on any atom is -0.508 e. The lowest BCUT2D eigenvalue weighted by Gasteiger charge is -2.03. The van der Waals surface area contributed by atoms with E-state index in [2.05, 4.69) is 48.6 Å². The molecule has 0 amide bonds. The smallest absolute Gasteiger partial charge is 0.115 e. The number of rotatable bonds is 0. The van der Waals surface area contributed by atoms with E-state index in [4.69, 9.17) is 5.11 Å². The molecule has 0 bridgehead atoms. The van der Waals surface area contributed by atoms with Gasteiger partial charge in [0.1, 0.15) is 5.75 Å². The number of phenols is 1. The maximum atomic E-state index is 8.76. The minimum atomic E-state index is 0.329. The first-order valence-corrected chi connectivity index (χ1v) is 7.77. The highest BCUT2D eigenvalue weighted by atomic mass is 32.1. The molecule has 122 valence electrons. The number of phenolic OH excluding ortho intramolecular Hbond substituents is 1. The highest BCUT2D eigenvalue weighted by Crippen LogP contribution is 2.24. The first-order valence-electron chi connectivity index (χ1n) is 7.32. The van der Waals surface area contributed by atoms with Crippen LogP contribution in [0.1, 0.15) is 11.1 Å². The first kappa shape index (κ1) is 19.1. The number of benzene rings is 3. The van der Waals surface area contributed by atoms with Crippen molar-refractivity contribution in [1.82, 2.24) is 0 Å². The standard InChI is InChI=1S/C11H10S.C7H8O.C2H6O/c1-8-6-7-11(12)10-5-3-2-4-9(8)10;1-6-2-4-7(8)5-3-6;1-3-2/h2-7,12H,1H3;2-5,8H,1H3;1-2H3. The van der Waals surface area contributed by atoms with E-state index in [9.17, 15) is 0 Å². The van der Waals surface area contributed by atoms with Gasteiger partial charge in [-0.1, -0.05) is 48.0 Å². The molecule has 2 nitrogen and oxygen atoms in total. The molecule has 0 aliphatic heterocycles. The van der Waals surface area contributed by atoms with E-state index in [0.29, 0.717) is 5.75 Å². The van der Waals surface area contributed by atoms with Gasteiger partial charge in [0.25, 0.3) is 0 Å². The molecule has 0 saturated carbocycles. The Bertz CT molecular complexity index is 660. The lowest BCUT2D eigenvalue weighted by Crippen LogP contribution is -1.78. The van der Waals surface area contributed by atoms with E-state index in [1.807, 2.05) is 31.2 Å². The van der Waals surface area contributed by atoms with Crippen LogP contribution in [0.4, 0.5) is 0 Å². The summed E-state index contributed by atoms with van der Waals surface area (Å²) in [5.74, 6) is 0.329. The Morgan fingerprint density at radius 3 is 1.78 bits per heavy atom. The molecule has 23 heavy (non-hydrogen) atoms. The van der Waals surface area contributed by atoms with Crippen LogP contribution < -0.4 is 0 Å². The van der Waals surface area contributed by atoms with Crippen LogP contribution in [0.3, 0.4) is 0 Å². The summed E-state index contributed by atoms with van der Waals surface area (Å²) in [6, 6.07) is 19.6. The number of hydrogen-bond donors (Lipinski definition) is 2. The summed E-state index contributed by atoms with van der Waals surface area (Å²) in [5.41, 5.74) is 2.48. The normalized spacial score (nSPS) is 9.43. The molecule has 0 aliphatic carbocycles. The molecule has 0 aliphatic rings. The molecule has 1 N–H and O–H groups in total. The summed E-state index contributed by atoms with van der Waals surface area (Å²) in [6.45, 7) is 4.11. The average Bonchev–Trinajstić information content (AvgIpc) is 2.56. The Labute approximate surface area is 144 Å².